The topological polar surface area (TPSA) is 117 Å². The van der Waals surface area contributed by atoms with Gasteiger partial charge in [0.2, 0.25) is 0 Å². The minimum absolute atomic E-state index is 0.103. The number of aryl methyl sites for hydroxylation is 1. The monoisotopic (exact) mass is 385 g/mol. The van der Waals surface area contributed by atoms with Gasteiger partial charge in [0, 0.05) is 16.9 Å². The number of anilines is 1. The Morgan fingerprint density at radius 3 is 2.59 bits per heavy atom. The number of aromatic amines is 1. The van der Waals surface area contributed by atoms with Crippen LogP contribution in [0.3, 0.4) is 0 Å². The van der Waals surface area contributed by atoms with Gasteiger partial charge in [-0.2, -0.15) is 0 Å². The average molecular weight is 385 g/mol. The van der Waals surface area contributed by atoms with E-state index in [9.17, 15) is 9.00 Å². The molecule has 3 rings (SSSR count). The fraction of sp³-hybridized carbons (Fsp3) is 0.105. The molecule has 0 spiro atoms. The van der Waals surface area contributed by atoms with Gasteiger partial charge in [-0.3, -0.25) is 4.79 Å². The number of amides is 1. The van der Waals surface area contributed by atoms with Crippen molar-refractivity contribution in [3.05, 3.63) is 65.9 Å². The van der Waals surface area contributed by atoms with Crippen LogP contribution in [0.1, 0.15) is 16.1 Å². The molecule has 1 aromatic heterocycles. The van der Waals surface area contributed by atoms with Crippen molar-refractivity contribution in [2.75, 3.05) is 11.2 Å². The average Bonchev–Trinajstić information content (AvgIpc) is 3.03. The van der Waals surface area contributed by atoms with Gasteiger partial charge < -0.3 is 25.3 Å². The number of nitrogens with two attached hydrogens (primary N) is 1. The highest BCUT2D eigenvalue weighted by atomic mass is 32.2. The standard InChI is InChI=1S/C19H19N3O4S/c1-12-15(19(20)23)10-17(22-12)16-9-13(21-11-27(24)25)7-8-18(16)26-14-5-3-2-4-6-14/h2-10,21-22H,11H2,1H3,(H2,20,23)(H,24,25). The third-order valence-electron chi connectivity index (χ3n) is 3.92. The van der Waals surface area contributed by atoms with Gasteiger partial charge in [0.25, 0.3) is 5.91 Å². The van der Waals surface area contributed by atoms with Crippen molar-refractivity contribution < 1.29 is 18.3 Å². The van der Waals surface area contributed by atoms with Crippen LogP contribution < -0.4 is 15.8 Å². The van der Waals surface area contributed by atoms with E-state index in [2.05, 4.69) is 10.3 Å². The fourth-order valence-electron chi connectivity index (χ4n) is 2.66. The Morgan fingerprint density at radius 2 is 1.96 bits per heavy atom. The van der Waals surface area contributed by atoms with Crippen LogP contribution in [0.2, 0.25) is 0 Å². The van der Waals surface area contributed by atoms with Crippen LogP contribution in [0.4, 0.5) is 5.69 Å². The SMILES string of the molecule is Cc1[nH]c(-c2cc(NCS(=O)O)ccc2Oc2ccccc2)cc1C(N)=O. The summed E-state index contributed by atoms with van der Waals surface area (Å²) in [7, 11) is 0. The number of H-pyrrole nitrogens is 1. The molecule has 1 amide bonds. The number of para-hydroxylation sites is 1. The van der Waals surface area contributed by atoms with E-state index in [0.717, 1.165) is 0 Å². The number of carbonyl (C=O) groups excluding carboxylic acids is 1. The van der Waals surface area contributed by atoms with Crippen molar-refractivity contribution in [3.8, 4) is 22.8 Å². The zero-order valence-corrected chi connectivity index (χ0v) is 15.4. The van der Waals surface area contributed by atoms with E-state index < -0.39 is 17.0 Å². The maximum absolute atomic E-state index is 11.6. The van der Waals surface area contributed by atoms with Crippen LogP contribution in [-0.4, -0.2) is 25.5 Å². The lowest BCUT2D eigenvalue weighted by Crippen LogP contribution is -2.10. The molecule has 0 aliphatic carbocycles. The van der Waals surface area contributed by atoms with Crippen molar-refractivity contribution in [2.45, 2.75) is 6.92 Å². The highest BCUT2D eigenvalue weighted by Crippen LogP contribution is 2.36. The minimum atomic E-state index is -1.97. The second-order valence-corrected chi connectivity index (χ2v) is 6.79. The Bertz CT molecular complexity index is 986. The zero-order chi connectivity index (χ0) is 19.4. The van der Waals surface area contributed by atoms with Crippen molar-refractivity contribution in [2.24, 2.45) is 5.73 Å². The molecule has 0 saturated carbocycles. The lowest BCUT2D eigenvalue weighted by atomic mass is 10.1. The van der Waals surface area contributed by atoms with E-state index in [0.29, 0.717) is 39.7 Å². The summed E-state index contributed by atoms with van der Waals surface area (Å²) in [5.41, 5.74) is 8.44. The normalized spacial score (nSPS) is 11.8. The summed E-state index contributed by atoms with van der Waals surface area (Å²) in [5, 5.41) is 2.88. The molecule has 8 heteroatoms. The number of ether oxygens (including phenoxy) is 1. The van der Waals surface area contributed by atoms with Crippen LogP contribution in [0.25, 0.3) is 11.3 Å². The van der Waals surface area contributed by atoms with Gasteiger partial charge in [-0.15, -0.1) is 0 Å². The number of rotatable bonds is 7. The van der Waals surface area contributed by atoms with E-state index in [4.69, 9.17) is 15.0 Å². The molecule has 27 heavy (non-hydrogen) atoms. The number of hydrogen-bond acceptors (Lipinski definition) is 4. The Hall–Kier alpha value is -3.10. The van der Waals surface area contributed by atoms with Gasteiger partial charge in [0.05, 0.1) is 11.3 Å². The maximum atomic E-state index is 11.6. The van der Waals surface area contributed by atoms with Gasteiger partial charge in [-0.05, 0) is 43.3 Å². The molecule has 5 N–H and O–H groups in total. The Labute approximate surface area is 158 Å². The first-order valence-electron chi connectivity index (χ1n) is 8.12. The largest absolute Gasteiger partial charge is 0.457 e. The Morgan fingerprint density at radius 1 is 1.22 bits per heavy atom. The molecule has 0 saturated heterocycles. The van der Waals surface area contributed by atoms with Crippen LogP contribution >= 0.6 is 0 Å². The molecule has 0 fully saturated rings. The molecular formula is C19H19N3O4S. The molecule has 0 aliphatic heterocycles. The second-order valence-electron chi connectivity index (χ2n) is 5.85. The fourth-order valence-corrected chi connectivity index (χ4v) is 2.95. The van der Waals surface area contributed by atoms with Gasteiger partial charge in [0.15, 0.2) is 11.1 Å². The first kappa shape index (κ1) is 18.7. The molecule has 0 aliphatic rings. The molecule has 3 aromatic rings. The molecule has 1 heterocycles. The summed E-state index contributed by atoms with van der Waals surface area (Å²) < 4.78 is 25.9. The molecule has 0 bridgehead atoms. The van der Waals surface area contributed by atoms with Crippen LogP contribution in [0.15, 0.2) is 54.6 Å². The van der Waals surface area contributed by atoms with Crippen molar-refractivity contribution in [1.82, 2.24) is 4.98 Å². The first-order valence-corrected chi connectivity index (χ1v) is 9.39. The van der Waals surface area contributed by atoms with Crippen molar-refractivity contribution in [3.63, 3.8) is 0 Å². The number of carbonyl (C=O) groups is 1. The lowest BCUT2D eigenvalue weighted by molar-refractivity contribution is 0.1000. The van der Waals surface area contributed by atoms with Crippen LogP contribution in [0.5, 0.6) is 11.5 Å². The first-order chi connectivity index (χ1) is 12.9. The third-order valence-corrected chi connectivity index (χ3v) is 4.31. The third kappa shape index (κ3) is 4.55. The maximum Gasteiger partial charge on any atom is 0.250 e. The number of benzene rings is 2. The summed E-state index contributed by atoms with van der Waals surface area (Å²) >= 11 is -1.97. The molecular weight excluding hydrogens is 366 g/mol. The summed E-state index contributed by atoms with van der Waals surface area (Å²) in [4.78, 5) is 14.7. The van der Waals surface area contributed by atoms with Gasteiger partial charge in [0.1, 0.15) is 17.4 Å². The van der Waals surface area contributed by atoms with E-state index >= 15 is 0 Å². The number of aromatic nitrogens is 1. The lowest BCUT2D eigenvalue weighted by Gasteiger charge is -2.13. The smallest absolute Gasteiger partial charge is 0.250 e. The minimum Gasteiger partial charge on any atom is -0.457 e. The quantitative estimate of drug-likeness (QED) is 0.465. The summed E-state index contributed by atoms with van der Waals surface area (Å²) in [6, 6.07) is 16.2. The second kappa shape index (κ2) is 8.07. The molecule has 0 radical (unpaired) electrons. The highest BCUT2D eigenvalue weighted by molar-refractivity contribution is 7.79. The predicted octanol–water partition coefficient (Wildman–Crippen LogP) is 3.47. The Kier molecular flexibility index (Phi) is 5.58. The zero-order valence-electron chi connectivity index (χ0n) is 14.6. The van der Waals surface area contributed by atoms with Gasteiger partial charge in [-0.25, -0.2) is 4.21 Å². The molecule has 1 unspecified atom stereocenters. The van der Waals surface area contributed by atoms with Gasteiger partial charge in [-0.1, -0.05) is 18.2 Å². The predicted molar refractivity (Wildman–Crippen MR) is 105 cm³/mol. The van der Waals surface area contributed by atoms with Crippen LogP contribution in [-0.2, 0) is 11.1 Å². The number of primary amides is 1. The van der Waals surface area contributed by atoms with E-state index in [1.165, 1.54) is 0 Å². The van der Waals surface area contributed by atoms with Gasteiger partial charge >= 0.3 is 0 Å². The highest BCUT2D eigenvalue weighted by Gasteiger charge is 2.15. The summed E-state index contributed by atoms with van der Waals surface area (Å²) in [5.74, 6) is 0.600. The molecule has 140 valence electrons. The molecule has 1 atom stereocenters. The molecule has 2 aromatic carbocycles. The van der Waals surface area contributed by atoms with E-state index in [1.54, 1.807) is 31.2 Å². The van der Waals surface area contributed by atoms with E-state index in [-0.39, 0.29) is 5.88 Å². The summed E-state index contributed by atoms with van der Waals surface area (Å²) in [6.45, 7) is 1.76. The number of nitrogens with one attached hydrogen (secondary N) is 2. The van der Waals surface area contributed by atoms with Crippen LogP contribution in [0, 0.1) is 6.92 Å². The van der Waals surface area contributed by atoms with Crippen molar-refractivity contribution >= 4 is 22.7 Å². The summed E-state index contributed by atoms with van der Waals surface area (Å²) in [6.07, 6.45) is 0. The Balaban J connectivity index is 2.03. The van der Waals surface area contributed by atoms with Crippen molar-refractivity contribution in [1.29, 1.82) is 0 Å². The van der Waals surface area contributed by atoms with E-state index in [1.807, 2.05) is 30.3 Å². The number of hydrogen-bond donors (Lipinski definition) is 4. The molecule has 7 nitrogen and oxygen atoms in total.